The molecule has 124 valence electrons. The van der Waals surface area contributed by atoms with Crippen LogP contribution in [0.5, 0.6) is 0 Å². The minimum absolute atomic E-state index is 0. The van der Waals surface area contributed by atoms with Crippen LogP contribution in [0.3, 0.4) is 0 Å². The zero-order valence-electron chi connectivity index (χ0n) is 12.8. The van der Waals surface area contributed by atoms with Crippen molar-refractivity contribution in [3.05, 3.63) is 16.5 Å². The van der Waals surface area contributed by atoms with E-state index in [1.165, 1.54) is 23.6 Å². The van der Waals surface area contributed by atoms with Crippen LogP contribution < -0.4 is 9.79 Å². The van der Waals surface area contributed by atoms with Crippen molar-refractivity contribution in [2.24, 2.45) is 5.92 Å². The van der Waals surface area contributed by atoms with E-state index in [1.54, 1.807) is 6.92 Å². The second kappa shape index (κ2) is 11.0. The molecule has 0 aliphatic rings. The Morgan fingerprint density at radius 1 is 1.43 bits per heavy atom. The van der Waals surface area contributed by atoms with Crippen LogP contribution in [-0.4, -0.2) is 24.3 Å². The average Bonchev–Trinajstić information content (AvgIpc) is 2.84. The molecule has 4 nitrogen and oxygen atoms in total. The third kappa shape index (κ3) is 6.99. The van der Waals surface area contributed by atoms with Crippen molar-refractivity contribution < 1.29 is 9.39 Å². The fourth-order valence-corrected chi connectivity index (χ4v) is 3.53. The molecule has 2 unspecified atom stereocenters. The first-order chi connectivity index (χ1) is 9.49. The predicted molar refractivity (Wildman–Crippen MR) is 99.5 cm³/mol. The van der Waals surface area contributed by atoms with Gasteiger partial charge in [0.15, 0.2) is 0 Å². The van der Waals surface area contributed by atoms with Crippen LogP contribution in [0.1, 0.15) is 33.6 Å². The largest absolute Gasteiger partial charge is 0.392 e. The van der Waals surface area contributed by atoms with Gasteiger partial charge >= 0.3 is 0 Å². The molecule has 0 saturated carbocycles. The summed E-state index contributed by atoms with van der Waals surface area (Å²) in [6.07, 6.45) is 1.55. The Kier molecular flexibility index (Phi) is 11.2. The van der Waals surface area contributed by atoms with Gasteiger partial charge in [-0.15, -0.1) is 11.3 Å². The molecule has 2 atom stereocenters. The number of halogens is 1. The van der Waals surface area contributed by atoms with Crippen LogP contribution >= 0.6 is 48.7 Å². The minimum Gasteiger partial charge on any atom is -0.392 e. The van der Waals surface area contributed by atoms with Gasteiger partial charge in [-0.05, 0) is 25.0 Å². The Bertz CT molecular complexity index is 389. The number of nitrogens with one attached hydrogen (secondary N) is 1. The second-order valence-corrected chi connectivity index (χ2v) is 7.25. The van der Waals surface area contributed by atoms with Crippen LogP contribution in [0.4, 0.5) is 5.00 Å². The van der Waals surface area contributed by atoms with Gasteiger partial charge in [0.25, 0.3) is 0 Å². The van der Waals surface area contributed by atoms with Crippen molar-refractivity contribution in [2.75, 3.05) is 11.4 Å². The van der Waals surface area contributed by atoms with Crippen LogP contribution in [0.2, 0.25) is 4.34 Å². The summed E-state index contributed by atoms with van der Waals surface area (Å²) in [5.41, 5.74) is 2.97. The second-order valence-electron chi connectivity index (χ2n) is 4.69. The summed E-state index contributed by atoms with van der Waals surface area (Å²) in [4.78, 5) is 0. The predicted octanol–water partition coefficient (Wildman–Crippen LogP) is 4.22. The summed E-state index contributed by atoms with van der Waals surface area (Å²) in [6.45, 7) is 6.03. The Labute approximate surface area is 147 Å². The third-order valence-electron chi connectivity index (χ3n) is 3.28. The number of nitrogens with zero attached hydrogens (tertiary/aromatic N) is 1. The highest BCUT2D eigenvalue weighted by Gasteiger charge is 2.23. The lowest BCUT2D eigenvalue weighted by molar-refractivity contribution is 0.0444. The van der Waals surface area contributed by atoms with Crippen molar-refractivity contribution in [1.29, 1.82) is 0 Å². The molecular formula is C13H25ClN2O2S3. The molecule has 1 aromatic heterocycles. The average molecular weight is 373 g/mol. The Balaban J connectivity index is 0.00000400. The lowest BCUT2D eigenvalue weighted by Gasteiger charge is -2.28. The van der Waals surface area contributed by atoms with E-state index in [4.69, 9.17) is 15.9 Å². The number of anilines is 1. The summed E-state index contributed by atoms with van der Waals surface area (Å²) in [7, 11) is 1.91. The van der Waals surface area contributed by atoms with Crippen LogP contribution in [-0.2, 0) is 4.28 Å². The molecule has 21 heavy (non-hydrogen) atoms. The Hall–Kier alpha value is 0.370. The quantitative estimate of drug-likeness (QED) is 0.386. The summed E-state index contributed by atoms with van der Waals surface area (Å²) < 4.78 is 8.10. The smallest absolute Gasteiger partial charge is 0.136 e. The molecule has 1 rings (SSSR count). The molecule has 0 radical (unpaired) electrons. The standard InChI is InChI=1S/C13H23ClN2O2S2.H2S/c1-5-10(6-2)13(9(3)17)15-18-20-16(4)12-8-7-11(14)19-12;/h7-10,13,15,17H,5-6H2,1-4H3;1H2. The van der Waals surface area contributed by atoms with E-state index >= 15 is 0 Å². The van der Waals surface area contributed by atoms with E-state index in [2.05, 4.69) is 19.3 Å². The number of aliphatic hydroxyl groups excluding tert-OH is 1. The van der Waals surface area contributed by atoms with Crippen LogP contribution in [0.15, 0.2) is 12.1 Å². The van der Waals surface area contributed by atoms with E-state index in [0.717, 1.165) is 22.2 Å². The minimum atomic E-state index is -0.456. The van der Waals surface area contributed by atoms with Gasteiger partial charge in [0.1, 0.15) is 17.2 Å². The highest BCUT2D eigenvalue weighted by Crippen LogP contribution is 2.32. The van der Waals surface area contributed by atoms with Crippen LogP contribution in [0, 0.1) is 5.92 Å². The third-order valence-corrected chi connectivity index (χ3v) is 5.29. The molecular weight excluding hydrogens is 348 g/mol. The number of hydrogen-bond acceptors (Lipinski definition) is 6. The van der Waals surface area contributed by atoms with Crippen molar-refractivity contribution in [3.63, 3.8) is 0 Å². The van der Waals surface area contributed by atoms with Crippen molar-refractivity contribution in [3.8, 4) is 0 Å². The SMILES string of the molecule is CCC(CC)C(NOSN(C)c1ccc(Cl)s1)C(C)O.S. The van der Waals surface area contributed by atoms with Gasteiger partial charge in [0.2, 0.25) is 0 Å². The van der Waals surface area contributed by atoms with E-state index in [9.17, 15) is 5.11 Å². The Morgan fingerprint density at radius 2 is 2.05 bits per heavy atom. The molecule has 0 saturated heterocycles. The van der Waals surface area contributed by atoms with Gasteiger partial charge in [-0.1, -0.05) is 38.3 Å². The normalized spacial score (nSPS) is 13.9. The molecule has 1 heterocycles. The van der Waals surface area contributed by atoms with Gasteiger partial charge < -0.3 is 5.11 Å². The van der Waals surface area contributed by atoms with E-state index in [0.29, 0.717) is 5.92 Å². The fourth-order valence-electron chi connectivity index (χ4n) is 2.03. The first-order valence-electron chi connectivity index (χ1n) is 6.75. The first kappa shape index (κ1) is 21.4. The summed E-state index contributed by atoms with van der Waals surface area (Å²) in [5, 5.41) is 10.9. The van der Waals surface area contributed by atoms with E-state index < -0.39 is 6.10 Å². The molecule has 0 bridgehead atoms. The monoisotopic (exact) mass is 372 g/mol. The molecule has 0 spiro atoms. The van der Waals surface area contributed by atoms with Crippen molar-refractivity contribution in [1.82, 2.24) is 5.48 Å². The number of rotatable bonds is 9. The highest BCUT2D eigenvalue weighted by molar-refractivity contribution is 7.96. The fraction of sp³-hybridized carbons (Fsp3) is 0.692. The van der Waals surface area contributed by atoms with Crippen molar-refractivity contribution >= 4 is 53.7 Å². The lowest BCUT2D eigenvalue weighted by Crippen LogP contribution is -2.43. The zero-order valence-corrected chi connectivity index (χ0v) is 16.2. The van der Waals surface area contributed by atoms with Gasteiger partial charge in [-0.25, -0.2) is 4.28 Å². The summed E-state index contributed by atoms with van der Waals surface area (Å²) >= 11 is 8.58. The molecule has 0 amide bonds. The van der Waals surface area contributed by atoms with Gasteiger partial charge in [0, 0.05) is 7.05 Å². The maximum atomic E-state index is 9.85. The molecule has 0 aliphatic carbocycles. The molecule has 1 aromatic rings. The van der Waals surface area contributed by atoms with Gasteiger partial charge in [-0.2, -0.15) is 19.0 Å². The first-order valence-corrected chi connectivity index (χ1v) is 8.65. The number of aliphatic hydroxyl groups is 1. The highest BCUT2D eigenvalue weighted by atomic mass is 35.5. The molecule has 8 heteroatoms. The maximum absolute atomic E-state index is 9.85. The molecule has 2 N–H and O–H groups in total. The summed E-state index contributed by atoms with van der Waals surface area (Å²) in [5.74, 6) is 0.386. The molecule has 0 aromatic carbocycles. The van der Waals surface area contributed by atoms with Gasteiger partial charge in [0.05, 0.1) is 16.5 Å². The topological polar surface area (TPSA) is 44.7 Å². The van der Waals surface area contributed by atoms with Gasteiger partial charge in [-0.3, -0.25) is 4.31 Å². The number of hydroxylamine groups is 1. The molecule has 0 aliphatic heterocycles. The number of hydrogen-bond donors (Lipinski definition) is 2. The maximum Gasteiger partial charge on any atom is 0.136 e. The zero-order chi connectivity index (χ0) is 15.1. The Morgan fingerprint density at radius 3 is 2.48 bits per heavy atom. The van der Waals surface area contributed by atoms with Crippen molar-refractivity contribution in [2.45, 2.75) is 45.8 Å². The lowest BCUT2D eigenvalue weighted by atomic mass is 9.91. The summed E-state index contributed by atoms with van der Waals surface area (Å²) in [6, 6.07) is 3.73. The van der Waals surface area contributed by atoms with E-state index in [1.807, 2.05) is 23.5 Å². The van der Waals surface area contributed by atoms with E-state index in [-0.39, 0.29) is 19.5 Å². The molecule has 0 fully saturated rings. The van der Waals surface area contributed by atoms with Crippen LogP contribution in [0.25, 0.3) is 0 Å². The number of thiophene rings is 1.